The summed E-state index contributed by atoms with van der Waals surface area (Å²) in [6, 6.07) is 11.5. The molecule has 0 saturated carbocycles. The van der Waals surface area contributed by atoms with Gasteiger partial charge in [0.25, 0.3) is 5.91 Å². The van der Waals surface area contributed by atoms with Crippen LogP contribution in [0.5, 0.6) is 11.5 Å². The van der Waals surface area contributed by atoms with Crippen molar-refractivity contribution in [2.24, 2.45) is 0 Å². The number of benzene rings is 1. The van der Waals surface area contributed by atoms with E-state index in [4.69, 9.17) is 9.47 Å². The maximum atomic E-state index is 13.7. The van der Waals surface area contributed by atoms with E-state index in [2.05, 4.69) is 27.4 Å². The van der Waals surface area contributed by atoms with Crippen LogP contribution in [-0.2, 0) is 19.5 Å². The van der Waals surface area contributed by atoms with Crippen molar-refractivity contribution in [2.75, 3.05) is 33.0 Å². The van der Waals surface area contributed by atoms with E-state index >= 15 is 0 Å². The standard InChI is InChI=1S/C28H32N4O4/c1-3-5-23-27(28(34)31-12-10-30(11-13-31)17-22-6-4-9-29-16-22)24(33)14-20(2)32(23)18-21-7-8-25-26(15-21)36-19-35-25/h4,6-9,14-16H,3,5,10-13,17-19H2,1-2H3. The zero-order valence-corrected chi connectivity index (χ0v) is 20.9. The van der Waals surface area contributed by atoms with E-state index in [9.17, 15) is 9.59 Å². The normalized spacial score (nSPS) is 15.3. The van der Waals surface area contributed by atoms with Crippen LogP contribution in [-0.4, -0.2) is 58.2 Å². The summed E-state index contributed by atoms with van der Waals surface area (Å²) in [4.78, 5) is 35.2. The van der Waals surface area contributed by atoms with E-state index in [1.54, 1.807) is 12.3 Å². The zero-order chi connectivity index (χ0) is 25.1. The van der Waals surface area contributed by atoms with Crippen molar-refractivity contribution in [3.05, 3.63) is 87.1 Å². The lowest BCUT2D eigenvalue weighted by Gasteiger charge is -2.35. The fourth-order valence-electron chi connectivity index (χ4n) is 5.01. The quantitative estimate of drug-likeness (QED) is 0.508. The predicted octanol–water partition coefficient (Wildman–Crippen LogP) is 3.24. The van der Waals surface area contributed by atoms with Gasteiger partial charge in [-0.15, -0.1) is 0 Å². The van der Waals surface area contributed by atoms with E-state index in [0.29, 0.717) is 31.6 Å². The van der Waals surface area contributed by atoms with Crippen LogP contribution in [0, 0.1) is 6.92 Å². The van der Waals surface area contributed by atoms with Gasteiger partial charge in [-0.1, -0.05) is 25.5 Å². The fraction of sp³-hybridized carbons (Fsp3) is 0.393. The van der Waals surface area contributed by atoms with Gasteiger partial charge in [0, 0.05) is 69.1 Å². The van der Waals surface area contributed by atoms with Crippen molar-refractivity contribution >= 4 is 5.91 Å². The summed E-state index contributed by atoms with van der Waals surface area (Å²) >= 11 is 0. The smallest absolute Gasteiger partial charge is 0.259 e. The molecule has 0 spiro atoms. The number of ether oxygens (including phenoxy) is 2. The number of hydrogen-bond donors (Lipinski definition) is 0. The number of aryl methyl sites for hydroxylation is 1. The third kappa shape index (κ3) is 4.99. The highest BCUT2D eigenvalue weighted by molar-refractivity contribution is 5.95. The zero-order valence-electron chi connectivity index (χ0n) is 20.9. The highest BCUT2D eigenvalue weighted by atomic mass is 16.7. The van der Waals surface area contributed by atoms with Gasteiger partial charge in [-0.3, -0.25) is 19.5 Å². The van der Waals surface area contributed by atoms with Crippen molar-refractivity contribution in [3.63, 3.8) is 0 Å². The molecule has 1 aromatic carbocycles. The first kappa shape index (κ1) is 24.1. The Kier molecular flexibility index (Phi) is 7.04. The van der Waals surface area contributed by atoms with E-state index in [-0.39, 0.29) is 18.1 Å². The first-order valence-corrected chi connectivity index (χ1v) is 12.6. The molecule has 2 aliphatic heterocycles. The van der Waals surface area contributed by atoms with Crippen LogP contribution in [0.2, 0.25) is 0 Å². The molecule has 2 aliphatic rings. The summed E-state index contributed by atoms with van der Waals surface area (Å²) in [5, 5.41) is 0. The van der Waals surface area contributed by atoms with Gasteiger partial charge in [0.05, 0.1) is 0 Å². The molecule has 1 saturated heterocycles. The molecule has 5 rings (SSSR count). The molecule has 0 bridgehead atoms. The second kappa shape index (κ2) is 10.5. The number of aromatic nitrogens is 2. The van der Waals surface area contributed by atoms with Crippen molar-refractivity contribution in [1.29, 1.82) is 0 Å². The van der Waals surface area contributed by atoms with Crippen LogP contribution >= 0.6 is 0 Å². The predicted molar refractivity (Wildman–Crippen MR) is 137 cm³/mol. The molecule has 3 aromatic rings. The molecule has 0 radical (unpaired) electrons. The van der Waals surface area contributed by atoms with Crippen LogP contribution < -0.4 is 14.9 Å². The maximum Gasteiger partial charge on any atom is 0.259 e. The first-order valence-electron chi connectivity index (χ1n) is 12.6. The monoisotopic (exact) mass is 488 g/mol. The summed E-state index contributed by atoms with van der Waals surface area (Å²) < 4.78 is 13.1. The minimum absolute atomic E-state index is 0.163. The minimum Gasteiger partial charge on any atom is -0.454 e. The first-order chi connectivity index (χ1) is 17.5. The molecule has 0 unspecified atom stereocenters. The summed E-state index contributed by atoms with van der Waals surface area (Å²) in [6.45, 7) is 8.32. The number of rotatable bonds is 7. The minimum atomic E-state index is -0.194. The Morgan fingerprint density at radius 1 is 1.00 bits per heavy atom. The molecule has 36 heavy (non-hydrogen) atoms. The number of fused-ring (bicyclic) bond motifs is 1. The lowest BCUT2D eigenvalue weighted by atomic mass is 10.0. The van der Waals surface area contributed by atoms with E-state index in [0.717, 1.165) is 60.1 Å². The highest BCUT2D eigenvalue weighted by Gasteiger charge is 2.27. The van der Waals surface area contributed by atoms with Gasteiger partial charge in [0.2, 0.25) is 6.79 Å². The summed E-state index contributed by atoms with van der Waals surface area (Å²) in [6.07, 6.45) is 5.14. The van der Waals surface area contributed by atoms with Crippen molar-refractivity contribution < 1.29 is 14.3 Å². The van der Waals surface area contributed by atoms with Gasteiger partial charge >= 0.3 is 0 Å². The third-order valence-electron chi connectivity index (χ3n) is 6.89. The molecule has 8 nitrogen and oxygen atoms in total. The largest absolute Gasteiger partial charge is 0.454 e. The maximum absolute atomic E-state index is 13.7. The van der Waals surface area contributed by atoms with Crippen LogP contribution in [0.15, 0.2) is 53.6 Å². The molecule has 0 atom stereocenters. The van der Waals surface area contributed by atoms with E-state index in [1.807, 2.05) is 42.3 Å². The molecule has 4 heterocycles. The highest BCUT2D eigenvalue weighted by Crippen LogP contribution is 2.33. The van der Waals surface area contributed by atoms with Gasteiger partial charge in [0.1, 0.15) is 5.56 Å². The Hall–Kier alpha value is -3.65. The SMILES string of the molecule is CCCc1c(C(=O)N2CCN(Cc3cccnc3)CC2)c(=O)cc(C)n1Cc1ccc2c(c1)OCO2. The molecular weight excluding hydrogens is 456 g/mol. The van der Waals surface area contributed by atoms with Gasteiger partial charge in [0.15, 0.2) is 16.9 Å². The fourth-order valence-corrected chi connectivity index (χ4v) is 5.01. The Morgan fingerprint density at radius 2 is 1.81 bits per heavy atom. The Labute approximate surface area is 211 Å². The van der Waals surface area contributed by atoms with Gasteiger partial charge in [-0.05, 0) is 42.7 Å². The van der Waals surface area contributed by atoms with Crippen molar-refractivity contribution in [1.82, 2.24) is 19.4 Å². The van der Waals surface area contributed by atoms with Gasteiger partial charge in [-0.25, -0.2) is 0 Å². The Bertz CT molecular complexity index is 1300. The number of carbonyl (C=O) groups excluding carboxylic acids is 1. The second-order valence-corrected chi connectivity index (χ2v) is 9.43. The van der Waals surface area contributed by atoms with Gasteiger partial charge in [-0.2, -0.15) is 0 Å². The number of pyridine rings is 2. The van der Waals surface area contributed by atoms with Crippen LogP contribution in [0.4, 0.5) is 0 Å². The number of hydrogen-bond acceptors (Lipinski definition) is 6. The number of nitrogens with zero attached hydrogens (tertiary/aromatic N) is 4. The molecule has 0 aliphatic carbocycles. The topological polar surface area (TPSA) is 76.9 Å². The van der Waals surface area contributed by atoms with E-state index in [1.165, 1.54) is 0 Å². The molecule has 8 heteroatoms. The number of piperazine rings is 1. The molecule has 0 N–H and O–H groups in total. The molecule has 188 valence electrons. The summed E-state index contributed by atoms with van der Waals surface area (Å²) in [5.74, 6) is 1.30. The average Bonchev–Trinajstić information content (AvgIpc) is 3.35. The van der Waals surface area contributed by atoms with E-state index < -0.39 is 0 Å². The van der Waals surface area contributed by atoms with Crippen molar-refractivity contribution in [2.45, 2.75) is 39.8 Å². The Morgan fingerprint density at radius 3 is 2.56 bits per heavy atom. The van der Waals surface area contributed by atoms with Crippen LogP contribution in [0.1, 0.15) is 46.2 Å². The molecular formula is C28H32N4O4. The van der Waals surface area contributed by atoms with Crippen LogP contribution in [0.25, 0.3) is 0 Å². The van der Waals surface area contributed by atoms with Gasteiger partial charge < -0.3 is 18.9 Å². The lowest BCUT2D eigenvalue weighted by Crippen LogP contribution is -2.49. The Balaban J connectivity index is 1.37. The van der Waals surface area contributed by atoms with Crippen molar-refractivity contribution in [3.8, 4) is 11.5 Å². The lowest BCUT2D eigenvalue weighted by molar-refractivity contribution is 0.0624. The molecule has 2 aromatic heterocycles. The molecule has 1 fully saturated rings. The third-order valence-corrected chi connectivity index (χ3v) is 6.89. The average molecular weight is 489 g/mol. The second-order valence-electron chi connectivity index (χ2n) is 9.43. The number of amides is 1. The van der Waals surface area contributed by atoms with Crippen LogP contribution in [0.3, 0.4) is 0 Å². The summed E-state index contributed by atoms with van der Waals surface area (Å²) in [5.41, 5.74) is 3.96. The summed E-state index contributed by atoms with van der Waals surface area (Å²) in [7, 11) is 0. The molecule has 1 amide bonds. The number of carbonyl (C=O) groups is 1.